The van der Waals surface area contributed by atoms with Gasteiger partial charge in [0.25, 0.3) is 0 Å². The molecule has 0 bridgehead atoms. The molecule has 0 unspecified atom stereocenters. The zero-order valence-corrected chi connectivity index (χ0v) is 21.2. The van der Waals surface area contributed by atoms with E-state index >= 15 is 0 Å². The van der Waals surface area contributed by atoms with Gasteiger partial charge in [0.15, 0.2) is 0 Å². The van der Waals surface area contributed by atoms with Gasteiger partial charge in [0.2, 0.25) is 0 Å². The number of ether oxygens (including phenoxy) is 1. The van der Waals surface area contributed by atoms with Crippen molar-refractivity contribution in [1.82, 2.24) is 4.90 Å². The fourth-order valence-electron chi connectivity index (χ4n) is 5.35. The number of carbonyl (C=O) groups excluding carboxylic acids is 1. The summed E-state index contributed by atoms with van der Waals surface area (Å²) in [6.07, 6.45) is 15.3. The second kappa shape index (κ2) is 12.6. The van der Waals surface area contributed by atoms with E-state index in [4.69, 9.17) is 4.74 Å². The van der Waals surface area contributed by atoms with Crippen molar-refractivity contribution in [3.63, 3.8) is 0 Å². The lowest BCUT2D eigenvalue weighted by molar-refractivity contribution is -0.140. The molecule has 1 heterocycles. The molecular weight excluding hydrogens is 430 g/mol. The maximum absolute atomic E-state index is 11.2. The first-order valence-electron chi connectivity index (χ1n) is 13.3. The van der Waals surface area contributed by atoms with Crippen LogP contribution in [0.3, 0.4) is 0 Å². The molecule has 2 aromatic carbocycles. The lowest BCUT2D eigenvalue weighted by atomic mass is 9.86. The highest BCUT2D eigenvalue weighted by Gasteiger charge is 2.22. The van der Waals surface area contributed by atoms with Crippen LogP contribution < -0.4 is 0 Å². The standard InChI is InChI=1S/C32H39NO2/c1-25(13-7-5-3-4-6-8-18-31(34)35-2)33-23-21-28(22-24-33)32-29-16-11-9-14-26(29)19-20-27-15-10-12-17-30(27)32/h9-12,14-17,19-20H,1,3-8,13,18,21-24H2,2H3. The monoisotopic (exact) mass is 469 g/mol. The number of allylic oxidation sites excluding steroid dienone is 1. The van der Waals surface area contributed by atoms with Crippen molar-refractivity contribution in [3.8, 4) is 0 Å². The summed E-state index contributed by atoms with van der Waals surface area (Å²) in [6.45, 7) is 6.54. The van der Waals surface area contributed by atoms with Gasteiger partial charge in [-0.25, -0.2) is 0 Å². The smallest absolute Gasteiger partial charge is 0.305 e. The number of methoxy groups -OCH3 is 1. The molecule has 1 aliphatic carbocycles. The highest BCUT2D eigenvalue weighted by atomic mass is 16.5. The third kappa shape index (κ3) is 6.54. The van der Waals surface area contributed by atoms with E-state index in [1.54, 1.807) is 5.57 Å². The predicted molar refractivity (Wildman–Crippen MR) is 147 cm³/mol. The summed E-state index contributed by atoms with van der Waals surface area (Å²) in [5, 5.41) is 0. The van der Waals surface area contributed by atoms with Gasteiger partial charge in [-0.3, -0.25) is 4.79 Å². The minimum atomic E-state index is -0.0919. The Morgan fingerprint density at radius 3 is 1.89 bits per heavy atom. The second-order valence-corrected chi connectivity index (χ2v) is 9.74. The Morgan fingerprint density at radius 1 is 0.800 bits per heavy atom. The summed E-state index contributed by atoms with van der Waals surface area (Å²) in [5.41, 5.74) is 9.66. The Kier molecular flexibility index (Phi) is 9.00. The Morgan fingerprint density at radius 2 is 1.31 bits per heavy atom. The van der Waals surface area contributed by atoms with Gasteiger partial charge in [-0.1, -0.05) is 98.5 Å². The topological polar surface area (TPSA) is 29.5 Å². The molecule has 2 aromatic rings. The van der Waals surface area contributed by atoms with Crippen LogP contribution in [0.4, 0.5) is 0 Å². The first kappa shape index (κ1) is 25.0. The molecule has 184 valence electrons. The van der Waals surface area contributed by atoms with E-state index in [-0.39, 0.29) is 5.97 Å². The van der Waals surface area contributed by atoms with Crippen molar-refractivity contribution in [2.24, 2.45) is 0 Å². The average molecular weight is 470 g/mol. The largest absolute Gasteiger partial charge is 0.469 e. The molecule has 4 rings (SSSR count). The van der Waals surface area contributed by atoms with Crippen LogP contribution in [0, 0.1) is 0 Å². The third-order valence-corrected chi connectivity index (χ3v) is 7.39. The highest BCUT2D eigenvalue weighted by molar-refractivity contribution is 5.94. The molecule has 1 fully saturated rings. The summed E-state index contributed by atoms with van der Waals surface area (Å²) < 4.78 is 4.70. The summed E-state index contributed by atoms with van der Waals surface area (Å²) in [7, 11) is 1.46. The molecule has 0 N–H and O–H groups in total. The highest BCUT2D eigenvalue weighted by Crippen LogP contribution is 2.39. The van der Waals surface area contributed by atoms with Crippen LogP contribution in [-0.4, -0.2) is 31.1 Å². The number of nitrogens with zero attached hydrogens (tertiary/aromatic N) is 1. The van der Waals surface area contributed by atoms with Gasteiger partial charge < -0.3 is 9.64 Å². The van der Waals surface area contributed by atoms with Gasteiger partial charge in [0.05, 0.1) is 7.11 Å². The van der Waals surface area contributed by atoms with Crippen LogP contribution in [0.2, 0.25) is 0 Å². The molecular formula is C32H39NO2. The molecule has 0 saturated carbocycles. The number of hydrogen-bond donors (Lipinski definition) is 0. The number of rotatable bonds is 10. The SMILES string of the molecule is C=C(CCCCCCCCC(=O)OC)N1CCC(=C2c3ccccc3C=Cc3ccccc32)CC1. The number of benzene rings is 2. The van der Waals surface area contributed by atoms with E-state index in [0.29, 0.717) is 6.42 Å². The number of fused-ring (bicyclic) bond motifs is 2. The minimum Gasteiger partial charge on any atom is -0.469 e. The van der Waals surface area contributed by atoms with Crippen molar-refractivity contribution in [2.45, 2.75) is 64.2 Å². The Labute approximate surface area is 211 Å². The fourth-order valence-corrected chi connectivity index (χ4v) is 5.35. The molecule has 0 spiro atoms. The maximum Gasteiger partial charge on any atom is 0.305 e. The van der Waals surface area contributed by atoms with E-state index < -0.39 is 0 Å². The third-order valence-electron chi connectivity index (χ3n) is 7.39. The van der Waals surface area contributed by atoms with E-state index in [0.717, 1.165) is 45.2 Å². The van der Waals surface area contributed by atoms with Gasteiger partial charge in [-0.2, -0.15) is 0 Å². The number of esters is 1. The van der Waals surface area contributed by atoms with Gasteiger partial charge in [0, 0.05) is 25.2 Å². The normalized spacial score (nSPS) is 14.8. The zero-order chi connectivity index (χ0) is 24.5. The van der Waals surface area contributed by atoms with E-state index in [1.165, 1.54) is 66.3 Å². The molecule has 0 radical (unpaired) electrons. The number of carbonyl (C=O) groups is 1. The van der Waals surface area contributed by atoms with Gasteiger partial charge in [0.1, 0.15) is 0 Å². The van der Waals surface area contributed by atoms with Crippen LogP contribution in [0.5, 0.6) is 0 Å². The van der Waals surface area contributed by atoms with E-state index in [9.17, 15) is 4.79 Å². The van der Waals surface area contributed by atoms with Crippen LogP contribution in [0.1, 0.15) is 86.5 Å². The molecule has 35 heavy (non-hydrogen) atoms. The van der Waals surface area contributed by atoms with Crippen LogP contribution in [0.25, 0.3) is 17.7 Å². The van der Waals surface area contributed by atoms with E-state index in [2.05, 4.69) is 72.2 Å². The zero-order valence-electron chi connectivity index (χ0n) is 21.2. The average Bonchev–Trinajstić information content (AvgIpc) is 3.07. The molecule has 0 aromatic heterocycles. The van der Waals surface area contributed by atoms with Gasteiger partial charge in [-0.15, -0.1) is 0 Å². The molecule has 0 amide bonds. The van der Waals surface area contributed by atoms with Crippen molar-refractivity contribution >= 4 is 23.7 Å². The molecule has 0 atom stereocenters. The molecule has 3 nitrogen and oxygen atoms in total. The molecule has 1 aliphatic heterocycles. The van der Waals surface area contributed by atoms with Gasteiger partial charge >= 0.3 is 5.97 Å². The summed E-state index contributed by atoms with van der Waals surface area (Å²) in [5.74, 6) is -0.0919. The van der Waals surface area contributed by atoms with Crippen molar-refractivity contribution in [2.75, 3.05) is 20.2 Å². The number of piperidine rings is 1. The van der Waals surface area contributed by atoms with Crippen LogP contribution >= 0.6 is 0 Å². The quantitative estimate of drug-likeness (QED) is 0.223. The molecule has 2 aliphatic rings. The van der Waals surface area contributed by atoms with Crippen molar-refractivity contribution in [3.05, 3.63) is 88.6 Å². The molecule has 3 heteroatoms. The lowest BCUT2D eigenvalue weighted by Crippen LogP contribution is -2.30. The van der Waals surface area contributed by atoms with Crippen LogP contribution in [-0.2, 0) is 9.53 Å². The fraction of sp³-hybridized carbons (Fsp3) is 0.406. The summed E-state index contributed by atoms with van der Waals surface area (Å²) in [6, 6.07) is 17.6. The van der Waals surface area contributed by atoms with Crippen molar-refractivity contribution in [1.29, 1.82) is 0 Å². The number of likely N-dealkylation sites (tertiary alicyclic amines) is 1. The minimum absolute atomic E-state index is 0.0919. The van der Waals surface area contributed by atoms with Gasteiger partial charge in [-0.05, 0) is 59.9 Å². The number of unbranched alkanes of at least 4 members (excludes halogenated alkanes) is 5. The maximum atomic E-state index is 11.2. The Balaban J connectivity index is 1.29. The first-order valence-corrected chi connectivity index (χ1v) is 13.3. The summed E-state index contributed by atoms with van der Waals surface area (Å²) >= 11 is 0. The number of hydrogen-bond acceptors (Lipinski definition) is 3. The predicted octanol–water partition coefficient (Wildman–Crippen LogP) is 7.88. The first-order chi connectivity index (χ1) is 17.2. The Hall–Kier alpha value is -3.07. The second-order valence-electron chi connectivity index (χ2n) is 9.74. The van der Waals surface area contributed by atoms with E-state index in [1.807, 2.05) is 0 Å². The summed E-state index contributed by atoms with van der Waals surface area (Å²) in [4.78, 5) is 13.7. The van der Waals surface area contributed by atoms with Crippen molar-refractivity contribution < 1.29 is 9.53 Å². The Bertz CT molecular complexity index is 1030. The van der Waals surface area contributed by atoms with Crippen LogP contribution in [0.15, 0.2) is 66.4 Å². The lowest BCUT2D eigenvalue weighted by Gasteiger charge is -2.33. The molecule has 1 saturated heterocycles.